The molecular formula is C10H14N2O4S. The number of rotatable bonds is 3. The molecule has 7 heteroatoms. The maximum Gasteiger partial charge on any atom is 0.253 e. The normalized spacial score (nSPS) is 11.0. The van der Waals surface area contributed by atoms with Gasteiger partial charge >= 0.3 is 0 Å². The second-order valence-electron chi connectivity index (χ2n) is 3.81. The van der Waals surface area contributed by atoms with Crippen molar-refractivity contribution in [2.24, 2.45) is 0 Å². The molecule has 94 valence electrons. The Bertz CT molecular complexity index is 537. The van der Waals surface area contributed by atoms with Crippen molar-refractivity contribution in [1.82, 2.24) is 4.90 Å². The second-order valence-corrected chi connectivity index (χ2v) is 5.55. The minimum atomic E-state index is -3.50. The summed E-state index contributed by atoms with van der Waals surface area (Å²) in [6, 6.07) is 3.98. The number of benzene rings is 1. The first-order chi connectivity index (χ1) is 7.70. The molecule has 0 atom stereocenters. The number of phenolic OH excluding ortho intramolecular Hbond substituents is 1. The van der Waals surface area contributed by atoms with E-state index in [9.17, 15) is 18.3 Å². The zero-order valence-corrected chi connectivity index (χ0v) is 10.6. The Kier molecular flexibility index (Phi) is 3.62. The second kappa shape index (κ2) is 4.62. The van der Waals surface area contributed by atoms with Crippen molar-refractivity contribution in [3.63, 3.8) is 0 Å². The Morgan fingerprint density at radius 2 is 1.94 bits per heavy atom. The van der Waals surface area contributed by atoms with Crippen LogP contribution in [-0.4, -0.2) is 44.7 Å². The lowest BCUT2D eigenvalue weighted by Crippen LogP contribution is -2.21. The minimum Gasteiger partial charge on any atom is -0.506 e. The standard InChI is InChI=1S/C10H14N2O4S/c1-12(2)10(14)7-4-5-9(13)8(6-7)11-17(3,15)16/h4-6,11,13H,1-3H3. The van der Waals surface area contributed by atoms with Gasteiger partial charge < -0.3 is 10.0 Å². The first kappa shape index (κ1) is 13.3. The van der Waals surface area contributed by atoms with E-state index < -0.39 is 10.0 Å². The number of hydrogen-bond acceptors (Lipinski definition) is 4. The number of nitrogens with zero attached hydrogens (tertiary/aromatic N) is 1. The van der Waals surface area contributed by atoms with Crippen molar-refractivity contribution >= 4 is 21.6 Å². The topological polar surface area (TPSA) is 86.7 Å². The van der Waals surface area contributed by atoms with Crippen LogP contribution in [0.15, 0.2) is 18.2 Å². The lowest BCUT2D eigenvalue weighted by molar-refractivity contribution is 0.0827. The third-order valence-electron chi connectivity index (χ3n) is 1.95. The molecular weight excluding hydrogens is 244 g/mol. The number of amides is 1. The van der Waals surface area contributed by atoms with Crippen molar-refractivity contribution in [2.75, 3.05) is 25.1 Å². The molecule has 2 N–H and O–H groups in total. The number of sulfonamides is 1. The van der Waals surface area contributed by atoms with Crippen molar-refractivity contribution in [3.05, 3.63) is 23.8 Å². The van der Waals surface area contributed by atoms with Gasteiger partial charge in [-0.15, -0.1) is 0 Å². The number of carbonyl (C=O) groups excluding carboxylic acids is 1. The summed E-state index contributed by atoms with van der Waals surface area (Å²) in [6.45, 7) is 0. The number of nitrogens with one attached hydrogen (secondary N) is 1. The summed E-state index contributed by atoms with van der Waals surface area (Å²) >= 11 is 0. The summed E-state index contributed by atoms with van der Waals surface area (Å²) in [4.78, 5) is 13.0. The van der Waals surface area contributed by atoms with Gasteiger partial charge in [-0.05, 0) is 18.2 Å². The molecule has 0 unspecified atom stereocenters. The molecule has 1 aromatic carbocycles. The average molecular weight is 258 g/mol. The largest absolute Gasteiger partial charge is 0.506 e. The summed E-state index contributed by atoms with van der Waals surface area (Å²) < 4.78 is 24.2. The zero-order valence-electron chi connectivity index (χ0n) is 9.76. The summed E-state index contributed by atoms with van der Waals surface area (Å²) in [7, 11) is -0.333. The molecule has 1 rings (SSSR count). The maximum absolute atomic E-state index is 11.6. The fourth-order valence-corrected chi connectivity index (χ4v) is 1.77. The molecule has 0 radical (unpaired) electrons. The van der Waals surface area contributed by atoms with Crippen LogP contribution in [0, 0.1) is 0 Å². The van der Waals surface area contributed by atoms with Crippen LogP contribution in [0.2, 0.25) is 0 Å². The van der Waals surface area contributed by atoms with E-state index in [1.807, 2.05) is 0 Å². The highest BCUT2D eigenvalue weighted by Gasteiger charge is 2.13. The number of phenols is 1. The predicted molar refractivity (Wildman–Crippen MR) is 64.6 cm³/mol. The molecule has 0 heterocycles. The Morgan fingerprint density at radius 1 is 1.35 bits per heavy atom. The first-order valence-corrected chi connectivity index (χ1v) is 6.62. The van der Waals surface area contributed by atoms with Gasteiger partial charge in [-0.1, -0.05) is 0 Å². The lowest BCUT2D eigenvalue weighted by atomic mass is 10.1. The van der Waals surface area contributed by atoms with E-state index in [2.05, 4.69) is 4.72 Å². The summed E-state index contributed by atoms with van der Waals surface area (Å²) in [6.07, 6.45) is 0.965. The van der Waals surface area contributed by atoms with Crippen LogP contribution in [-0.2, 0) is 10.0 Å². The van der Waals surface area contributed by atoms with Gasteiger partial charge in [-0.2, -0.15) is 0 Å². The third kappa shape index (κ3) is 3.63. The molecule has 1 amide bonds. The highest BCUT2D eigenvalue weighted by atomic mass is 32.2. The van der Waals surface area contributed by atoms with Crippen LogP contribution in [0.4, 0.5) is 5.69 Å². The molecule has 0 aromatic heterocycles. The Labute approximate surface area is 99.9 Å². The molecule has 0 aliphatic carbocycles. The van der Waals surface area contributed by atoms with Crippen LogP contribution in [0.5, 0.6) is 5.75 Å². The summed E-state index contributed by atoms with van der Waals surface area (Å²) in [5, 5.41) is 9.47. The van der Waals surface area contributed by atoms with Gasteiger partial charge in [0.15, 0.2) is 0 Å². The van der Waals surface area contributed by atoms with Gasteiger partial charge in [0.25, 0.3) is 5.91 Å². The first-order valence-electron chi connectivity index (χ1n) is 4.73. The number of aromatic hydroxyl groups is 1. The molecule has 0 fully saturated rings. The predicted octanol–water partition coefficient (Wildman–Crippen LogP) is 0.466. The molecule has 0 aliphatic heterocycles. The molecule has 6 nitrogen and oxygen atoms in total. The summed E-state index contributed by atoms with van der Waals surface area (Å²) in [5.74, 6) is -0.507. The Hall–Kier alpha value is -1.76. The fraction of sp³-hybridized carbons (Fsp3) is 0.300. The highest BCUT2D eigenvalue weighted by molar-refractivity contribution is 7.92. The van der Waals surface area contributed by atoms with Gasteiger partial charge in [-0.3, -0.25) is 9.52 Å². The van der Waals surface area contributed by atoms with Gasteiger partial charge in [0.05, 0.1) is 11.9 Å². The minimum absolute atomic E-state index is 0.0137. The van der Waals surface area contributed by atoms with Crippen LogP contribution in [0.3, 0.4) is 0 Å². The fourth-order valence-electron chi connectivity index (χ4n) is 1.21. The lowest BCUT2D eigenvalue weighted by Gasteiger charge is -2.12. The SMILES string of the molecule is CN(C)C(=O)c1ccc(O)c(NS(C)(=O)=O)c1. The van der Waals surface area contributed by atoms with Crippen LogP contribution < -0.4 is 4.72 Å². The maximum atomic E-state index is 11.6. The van der Waals surface area contributed by atoms with Crippen molar-refractivity contribution < 1.29 is 18.3 Å². The molecule has 0 aliphatic rings. The molecule has 0 spiro atoms. The molecule has 0 saturated heterocycles. The van der Waals surface area contributed by atoms with E-state index in [0.717, 1.165) is 6.26 Å². The van der Waals surface area contributed by atoms with Gasteiger partial charge in [0.1, 0.15) is 5.75 Å². The van der Waals surface area contributed by atoms with Gasteiger partial charge in [-0.25, -0.2) is 8.42 Å². The molecule has 0 saturated carbocycles. The van der Waals surface area contributed by atoms with Crippen molar-refractivity contribution in [3.8, 4) is 5.75 Å². The monoisotopic (exact) mass is 258 g/mol. The average Bonchev–Trinajstić information content (AvgIpc) is 2.18. The number of carbonyl (C=O) groups is 1. The molecule has 0 bridgehead atoms. The molecule has 1 aromatic rings. The van der Waals surface area contributed by atoms with Crippen molar-refractivity contribution in [2.45, 2.75) is 0 Å². The number of anilines is 1. The number of hydrogen-bond donors (Lipinski definition) is 2. The molecule has 17 heavy (non-hydrogen) atoms. The Morgan fingerprint density at radius 3 is 2.41 bits per heavy atom. The zero-order chi connectivity index (χ0) is 13.2. The summed E-state index contributed by atoms with van der Waals surface area (Å²) in [5.41, 5.74) is 0.277. The van der Waals surface area contributed by atoms with E-state index in [1.54, 1.807) is 14.1 Å². The van der Waals surface area contributed by atoms with E-state index in [0.29, 0.717) is 5.56 Å². The van der Waals surface area contributed by atoms with E-state index >= 15 is 0 Å². The van der Waals surface area contributed by atoms with Crippen LogP contribution >= 0.6 is 0 Å². The Balaban J connectivity index is 3.15. The van der Waals surface area contributed by atoms with E-state index in [-0.39, 0.29) is 17.3 Å². The van der Waals surface area contributed by atoms with Gasteiger partial charge in [0, 0.05) is 19.7 Å². The third-order valence-corrected chi connectivity index (χ3v) is 2.54. The van der Waals surface area contributed by atoms with Crippen LogP contribution in [0.1, 0.15) is 10.4 Å². The quantitative estimate of drug-likeness (QED) is 0.771. The smallest absolute Gasteiger partial charge is 0.253 e. The van der Waals surface area contributed by atoms with Crippen molar-refractivity contribution in [1.29, 1.82) is 0 Å². The van der Waals surface area contributed by atoms with Crippen LogP contribution in [0.25, 0.3) is 0 Å². The highest BCUT2D eigenvalue weighted by Crippen LogP contribution is 2.25. The van der Waals surface area contributed by atoms with Gasteiger partial charge in [0.2, 0.25) is 10.0 Å². The van der Waals surface area contributed by atoms with E-state index in [4.69, 9.17) is 0 Å². The van der Waals surface area contributed by atoms with E-state index in [1.165, 1.54) is 23.1 Å².